The maximum atomic E-state index is 12.3. The van der Waals surface area contributed by atoms with Crippen molar-refractivity contribution in [2.24, 2.45) is 0 Å². The fourth-order valence-corrected chi connectivity index (χ4v) is 4.02. The van der Waals surface area contributed by atoms with Crippen LogP contribution in [0, 0.1) is 20.8 Å². The summed E-state index contributed by atoms with van der Waals surface area (Å²) in [5.74, 6) is -0.268. The number of amides is 1. The zero-order valence-electron chi connectivity index (χ0n) is 15.3. The molecule has 0 aliphatic heterocycles. The molecule has 0 bridgehead atoms. The van der Waals surface area contributed by atoms with Gasteiger partial charge in [-0.1, -0.05) is 35.9 Å². The molecule has 0 aliphatic carbocycles. The Kier molecular flexibility index (Phi) is 6.31. The highest BCUT2D eigenvalue weighted by molar-refractivity contribution is 7.92. The molecular weight excluding hydrogens is 372 g/mol. The lowest BCUT2D eigenvalue weighted by Gasteiger charge is -2.25. The number of carbonyl (C=O) groups excluding carboxylic acids is 1. The summed E-state index contributed by atoms with van der Waals surface area (Å²) in [7, 11) is -3.51. The van der Waals surface area contributed by atoms with E-state index < -0.39 is 10.0 Å². The minimum Gasteiger partial charge on any atom is -0.326 e. The summed E-state index contributed by atoms with van der Waals surface area (Å²) < 4.78 is 25.9. The smallest absolute Gasteiger partial charge is 0.232 e. The number of carbonyl (C=O) groups is 1. The Morgan fingerprint density at radius 3 is 2.23 bits per heavy atom. The van der Waals surface area contributed by atoms with E-state index in [4.69, 9.17) is 11.6 Å². The summed E-state index contributed by atoms with van der Waals surface area (Å²) in [6.07, 6.45) is 1.19. The summed E-state index contributed by atoms with van der Waals surface area (Å²) in [5.41, 5.74) is 3.72. The first-order valence-electron chi connectivity index (χ1n) is 8.20. The fourth-order valence-electron chi connectivity index (χ4n) is 2.80. The van der Waals surface area contributed by atoms with Crippen LogP contribution >= 0.6 is 11.6 Å². The second-order valence-electron chi connectivity index (χ2n) is 6.29. The molecule has 0 radical (unpaired) electrons. The van der Waals surface area contributed by atoms with E-state index >= 15 is 0 Å². The van der Waals surface area contributed by atoms with E-state index in [0.29, 0.717) is 16.4 Å². The van der Waals surface area contributed by atoms with Gasteiger partial charge in [0.1, 0.15) is 0 Å². The minimum absolute atomic E-state index is 0.0345. The number of para-hydroxylation sites is 1. The number of hydrogen-bond acceptors (Lipinski definition) is 3. The maximum Gasteiger partial charge on any atom is 0.232 e. The van der Waals surface area contributed by atoms with Crippen LogP contribution in [0.2, 0.25) is 5.02 Å². The summed E-state index contributed by atoms with van der Waals surface area (Å²) in [6.45, 7) is 5.60. The first-order chi connectivity index (χ1) is 12.1. The van der Waals surface area contributed by atoms with Crippen LogP contribution < -0.4 is 9.62 Å². The van der Waals surface area contributed by atoms with Crippen molar-refractivity contribution in [2.45, 2.75) is 27.2 Å². The van der Waals surface area contributed by atoms with Crippen molar-refractivity contribution >= 4 is 38.9 Å². The lowest BCUT2D eigenvalue weighted by atomic mass is 10.1. The second kappa shape index (κ2) is 8.10. The molecule has 140 valence electrons. The van der Waals surface area contributed by atoms with E-state index in [1.165, 1.54) is 4.31 Å². The Labute approximate surface area is 160 Å². The highest BCUT2D eigenvalue weighted by atomic mass is 35.5. The van der Waals surface area contributed by atoms with Gasteiger partial charge in [-0.25, -0.2) is 8.42 Å². The van der Waals surface area contributed by atoms with E-state index in [1.54, 1.807) is 18.2 Å². The molecule has 0 unspecified atom stereocenters. The van der Waals surface area contributed by atoms with Crippen LogP contribution in [0.3, 0.4) is 0 Å². The Bertz CT molecular complexity index is 906. The summed E-state index contributed by atoms with van der Waals surface area (Å²) in [6, 6.07) is 10.9. The number of rotatable bonds is 6. The molecule has 5 nitrogen and oxygen atoms in total. The number of benzene rings is 2. The molecule has 0 atom stereocenters. The molecule has 0 saturated carbocycles. The largest absolute Gasteiger partial charge is 0.326 e. The third kappa shape index (κ3) is 4.77. The first kappa shape index (κ1) is 20.3. The Hall–Kier alpha value is -2.05. The van der Waals surface area contributed by atoms with E-state index in [1.807, 2.05) is 39.0 Å². The maximum absolute atomic E-state index is 12.3. The molecule has 2 rings (SSSR count). The van der Waals surface area contributed by atoms with Crippen molar-refractivity contribution in [3.05, 3.63) is 58.1 Å². The molecule has 7 heteroatoms. The van der Waals surface area contributed by atoms with Crippen LogP contribution in [-0.4, -0.2) is 27.1 Å². The monoisotopic (exact) mass is 394 g/mol. The molecule has 26 heavy (non-hydrogen) atoms. The predicted octanol–water partition coefficient (Wildman–Crippen LogP) is 4.06. The van der Waals surface area contributed by atoms with Gasteiger partial charge in [-0.15, -0.1) is 0 Å². The number of nitrogens with one attached hydrogen (secondary N) is 1. The molecule has 1 amide bonds. The van der Waals surface area contributed by atoms with Crippen LogP contribution in [0.4, 0.5) is 11.4 Å². The van der Waals surface area contributed by atoms with Gasteiger partial charge in [0.15, 0.2) is 0 Å². The minimum atomic E-state index is -3.51. The molecule has 0 saturated heterocycles. The molecule has 0 aliphatic rings. The van der Waals surface area contributed by atoms with Crippen LogP contribution in [0.5, 0.6) is 0 Å². The third-order valence-corrected chi connectivity index (χ3v) is 5.75. The average Bonchev–Trinajstić information content (AvgIpc) is 2.53. The summed E-state index contributed by atoms with van der Waals surface area (Å²) in [4.78, 5) is 12.3. The zero-order chi connectivity index (χ0) is 19.5. The Morgan fingerprint density at radius 1 is 1.08 bits per heavy atom. The zero-order valence-corrected chi connectivity index (χ0v) is 16.9. The number of halogens is 1. The van der Waals surface area contributed by atoms with Gasteiger partial charge in [-0.2, -0.15) is 0 Å². The van der Waals surface area contributed by atoms with Crippen molar-refractivity contribution in [2.75, 3.05) is 22.4 Å². The van der Waals surface area contributed by atoms with Gasteiger partial charge < -0.3 is 5.32 Å². The average molecular weight is 395 g/mol. The Morgan fingerprint density at radius 2 is 1.65 bits per heavy atom. The second-order valence-corrected chi connectivity index (χ2v) is 8.60. The van der Waals surface area contributed by atoms with Gasteiger partial charge in [0.05, 0.1) is 11.9 Å². The quantitative estimate of drug-likeness (QED) is 0.803. The Balaban J connectivity index is 2.18. The molecular formula is C19H23ClN2O3S. The SMILES string of the molecule is Cc1cccc(C)c1N(CCC(=O)Nc1cccc(Cl)c1C)S(C)(=O)=O. The highest BCUT2D eigenvalue weighted by Crippen LogP contribution is 2.27. The normalized spacial score (nSPS) is 11.3. The van der Waals surface area contributed by atoms with Crippen molar-refractivity contribution < 1.29 is 13.2 Å². The molecule has 2 aromatic carbocycles. The van der Waals surface area contributed by atoms with E-state index in [-0.39, 0.29) is 18.9 Å². The summed E-state index contributed by atoms with van der Waals surface area (Å²) in [5, 5.41) is 3.36. The van der Waals surface area contributed by atoms with Gasteiger partial charge in [0.25, 0.3) is 0 Å². The lowest BCUT2D eigenvalue weighted by Crippen LogP contribution is -2.34. The first-order valence-corrected chi connectivity index (χ1v) is 10.4. The molecule has 0 heterocycles. The van der Waals surface area contributed by atoms with Crippen molar-refractivity contribution in [1.29, 1.82) is 0 Å². The van der Waals surface area contributed by atoms with Crippen molar-refractivity contribution in [3.63, 3.8) is 0 Å². The third-order valence-electron chi connectivity index (χ3n) is 4.17. The van der Waals surface area contributed by atoms with E-state index in [2.05, 4.69) is 5.32 Å². The van der Waals surface area contributed by atoms with E-state index in [9.17, 15) is 13.2 Å². The molecule has 1 N–H and O–H groups in total. The highest BCUT2D eigenvalue weighted by Gasteiger charge is 2.22. The number of aryl methyl sites for hydroxylation is 2. The molecule has 0 aromatic heterocycles. The lowest BCUT2D eigenvalue weighted by molar-refractivity contribution is -0.116. The van der Waals surface area contributed by atoms with Gasteiger partial charge in [0.2, 0.25) is 15.9 Å². The van der Waals surface area contributed by atoms with Crippen LogP contribution in [-0.2, 0) is 14.8 Å². The number of sulfonamides is 1. The number of nitrogens with zero attached hydrogens (tertiary/aromatic N) is 1. The van der Waals surface area contributed by atoms with Crippen LogP contribution in [0.15, 0.2) is 36.4 Å². The van der Waals surface area contributed by atoms with Gasteiger partial charge in [0, 0.05) is 23.7 Å². The van der Waals surface area contributed by atoms with Crippen LogP contribution in [0.25, 0.3) is 0 Å². The molecule has 2 aromatic rings. The summed E-state index contributed by atoms with van der Waals surface area (Å²) >= 11 is 6.06. The van der Waals surface area contributed by atoms with Gasteiger partial charge in [-0.3, -0.25) is 9.10 Å². The van der Waals surface area contributed by atoms with E-state index in [0.717, 1.165) is 22.9 Å². The number of anilines is 2. The van der Waals surface area contributed by atoms with Crippen molar-refractivity contribution in [1.82, 2.24) is 0 Å². The molecule has 0 spiro atoms. The topological polar surface area (TPSA) is 66.5 Å². The fraction of sp³-hybridized carbons (Fsp3) is 0.316. The van der Waals surface area contributed by atoms with Gasteiger partial charge in [-0.05, 0) is 49.6 Å². The van der Waals surface area contributed by atoms with Crippen LogP contribution in [0.1, 0.15) is 23.1 Å². The molecule has 0 fully saturated rings. The number of hydrogen-bond donors (Lipinski definition) is 1. The van der Waals surface area contributed by atoms with Gasteiger partial charge >= 0.3 is 0 Å². The predicted molar refractivity (Wildman–Crippen MR) is 108 cm³/mol. The standard InChI is InChI=1S/C19H23ClN2O3S/c1-13-7-5-8-14(2)19(13)22(26(4,24)25)12-11-18(23)21-17-10-6-9-16(20)15(17)3/h5-10H,11-12H2,1-4H3,(H,21,23). The van der Waals surface area contributed by atoms with Crippen molar-refractivity contribution in [3.8, 4) is 0 Å².